The molecule has 8 nitrogen and oxygen atoms in total. The number of alkyl halides is 3. The lowest BCUT2D eigenvalue weighted by molar-refractivity contribution is -0.153. The molecule has 0 saturated carbocycles. The summed E-state index contributed by atoms with van der Waals surface area (Å²) in [5.41, 5.74) is 0.257. The molecule has 1 aromatic carbocycles. The van der Waals surface area contributed by atoms with Gasteiger partial charge in [0.05, 0.1) is 11.8 Å². The first-order valence-electron chi connectivity index (χ1n) is 8.93. The Hall–Kier alpha value is -3.86. The SMILES string of the molecule is O=C(Nc1cc(-c2nnc(-c3ccco3)o2)ccn1)c1cc(Cl)ccc1OCC(F)(F)F. The van der Waals surface area contributed by atoms with Gasteiger partial charge in [0.2, 0.25) is 5.89 Å². The lowest BCUT2D eigenvalue weighted by Crippen LogP contribution is -2.21. The zero-order chi connectivity index (χ0) is 22.7. The highest BCUT2D eigenvalue weighted by atomic mass is 35.5. The molecule has 0 aliphatic heterocycles. The van der Waals surface area contributed by atoms with Crippen molar-refractivity contribution in [1.82, 2.24) is 15.2 Å². The molecule has 0 aliphatic carbocycles. The third kappa shape index (κ3) is 5.06. The van der Waals surface area contributed by atoms with E-state index in [4.69, 9.17) is 25.2 Å². The number of ether oxygens (including phenoxy) is 1. The van der Waals surface area contributed by atoms with E-state index in [1.54, 1.807) is 18.2 Å². The van der Waals surface area contributed by atoms with E-state index in [1.165, 1.54) is 36.7 Å². The molecule has 0 fully saturated rings. The Balaban J connectivity index is 1.54. The van der Waals surface area contributed by atoms with Gasteiger partial charge < -0.3 is 18.9 Å². The lowest BCUT2D eigenvalue weighted by Gasteiger charge is -2.13. The summed E-state index contributed by atoms with van der Waals surface area (Å²) in [6.07, 6.45) is -1.72. The minimum Gasteiger partial charge on any atom is -0.483 e. The van der Waals surface area contributed by atoms with Gasteiger partial charge in [0.1, 0.15) is 11.6 Å². The molecule has 0 bridgehead atoms. The number of anilines is 1. The summed E-state index contributed by atoms with van der Waals surface area (Å²) in [5, 5.41) is 10.5. The number of nitrogens with one attached hydrogen (secondary N) is 1. The zero-order valence-electron chi connectivity index (χ0n) is 15.9. The minimum atomic E-state index is -4.57. The Morgan fingerprint density at radius 3 is 2.69 bits per heavy atom. The second-order valence-electron chi connectivity index (χ2n) is 6.32. The summed E-state index contributed by atoms with van der Waals surface area (Å²) < 4.78 is 53.0. The monoisotopic (exact) mass is 464 g/mol. The number of carbonyl (C=O) groups is 1. The third-order valence-electron chi connectivity index (χ3n) is 3.98. The van der Waals surface area contributed by atoms with E-state index < -0.39 is 18.7 Å². The average molecular weight is 465 g/mol. The van der Waals surface area contributed by atoms with Crippen LogP contribution < -0.4 is 10.1 Å². The van der Waals surface area contributed by atoms with Gasteiger partial charge in [-0.15, -0.1) is 10.2 Å². The number of hydrogen-bond acceptors (Lipinski definition) is 7. The van der Waals surface area contributed by atoms with E-state index in [2.05, 4.69) is 20.5 Å². The molecule has 0 spiro atoms. The summed E-state index contributed by atoms with van der Waals surface area (Å²) in [6.45, 7) is -1.56. The molecule has 0 unspecified atom stereocenters. The van der Waals surface area contributed by atoms with Crippen LogP contribution in [0.25, 0.3) is 23.1 Å². The van der Waals surface area contributed by atoms with Gasteiger partial charge in [-0.2, -0.15) is 13.2 Å². The van der Waals surface area contributed by atoms with Crippen LogP contribution in [0.3, 0.4) is 0 Å². The van der Waals surface area contributed by atoms with Gasteiger partial charge in [-0.1, -0.05) is 11.6 Å². The predicted molar refractivity (Wildman–Crippen MR) is 106 cm³/mol. The van der Waals surface area contributed by atoms with Crippen molar-refractivity contribution in [2.24, 2.45) is 0 Å². The Bertz CT molecular complexity index is 1240. The van der Waals surface area contributed by atoms with Crippen molar-refractivity contribution < 1.29 is 31.5 Å². The summed E-state index contributed by atoms with van der Waals surface area (Å²) in [4.78, 5) is 16.7. The maximum absolute atomic E-state index is 12.7. The van der Waals surface area contributed by atoms with Crippen molar-refractivity contribution in [2.45, 2.75) is 6.18 Å². The molecule has 0 atom stereocenters. The number of hydrogen-bond donors (Lipinski definition) is 1. The average Bonchev–Trinajstić information content (AvgIpc) is 3.44. The molecule has 3 aromatic heterocycles. The molecule has 0 aliphatic rings. The van der Waals surface area contributed by atoms with E-state index >= 15 is 0 Å². The number of nitrogens with zero attached hydrogens (tertiary/aromatic N) is 3. The van der Waals surface area contributed by atoms with Crippen LogP contribution in [0, 0.1) is 0 Å². The fraction of sp³-hybridized carbons (Fsp3) is 0.100. The first-order valence-corrected chi connectivity index (χ1v) is 9.30. The van der Waals surface area contributed by atoms with Gasteiger partial charge in [0, 0.05) is 16.8 Å². The number of halogens is 4. The lowest BCUT2D eigenvalue weighted by atomic mass is 10.2. The zero-order valence-corrected chi connectivity index (χ0v) is 16.6. The summed E-state index contributed by atoms with van der Waals surface area (Å²) in [6, 6.07) is 10.0. The molecular formula is C20H12ClF3N4O4. The van der Waals surface area contributed by atoms with Crippen molar-refractivity contribution in [2.75, 3.05) is 11.9 Å². The molecule has 12 heteroatoms. The number of carbonyl (C=O) groups excluding carboxylic acids is 1. The highest BCUT2D eigenvalue weighted by Gasteiger charge is 2.29. The van der Waals surface area contributed by atoms with E-state index in [0.717, 1.165) is 0 Å². The van der Waals surface area contributed by atoms with Crippen LogP contribution in [0.4, 0.5) is 19.0 Å². The number of pyridine rings is 1. The van der Waals surface area contributed by atoms with Crippen LogP contribution in [0.15, 0.2) is 63.8 Å². The molecule has 1 N–H and O–H groups in total. The molecule has 3 heterocycles. The third-order valence-corrected chi connectivity index (χ3v) is 4.22. The van der Waals surface area contributed by atoms with Gasteiger partial charge >= 0.3 is 6.18 Å². The number of furan rings is 1. The van der Waals surface area contributed by atoms with E-state index in [9.17, 15) is 18.0 Å². The van der Waals surface area contributed by atoms with Gasteiger partial charge in [0.15, 0.2) is 12.4 Å². The number of aromatic nitrogens is 3. The van der Waals surface area contributed by atoms with E-state index in [-0.39, 0.29) is 33.9 Å². The molecule has 0 radical (unpaired) electrons. The summed E-state index contributed by atoms with van der Waals surface area (Å²) in [5.74, 6) is -0.258. The van der Waals surface area contributed by atoms with Crippen LogP contribution in [0.5, 0.6) is 5.75 Å². The van der Waals surface area contributed by atoms with Crippen molar-refractivity contribution in [3.63, 3.8) is 0 Å². The normalized spacial score (nSPS) is 11.4. The Morgan fingerprint density at radius 1 is 1.12 bits per heavy atom. The van der Waals surface area contributed by atoms with Gasteiger partial charge in [-0.05, 0) is 42.5 Å². The fourth-order valence-electron chi connectivity index (χ4n) is 2.62. The molecule has 4 aromatic rings. The Kier molecular flexibility index (Phi) is 5.82. The van der Waals surface area contributed by atoms with Gasteiger partial charge in [-0.3, -0.25) is 4.79 Å². The Morgan fingerprint density at radius 2 is 1.94 bits per heavy atom. The quantitative estimate of drug-likeness (QED) is 0.416. The molecule has 164 valence electrons. The fourth-order valence-corrected chi connectivity index (χ4v) is 2.79. The number of amides is 1. The number of benzene rings is 1. The second-order valence-corrected chi connectivity index (χ2v) is 6.75. The predicted octanol–water partition coefficient (Wildman–Crippen LogP) is 5.24. The van der Waals surface area contributed by atoms with Gasteiger partial charge in [-0.25, -0.2) is 4.98 Å². The van der Waals surface area contributed by atoms with E-state index in [0.29, 0.717) is 11.3 Å². The minimum absolute atomic E-state index is 0.0898. The largest absolute Gasteiger partial charge is 0.483 e. The first kappa shape index (κ1) is 21.4. The van der Waals surface area contributed by atoms with Crippen LogP contribution >= 0.6 is 11.6 Å². The summed E-state index contributed by atoms with van der Waals surface area (Å²) >= 11 is 5.90. The summed E-state index contributed by atoms with van der Waals surface area (Å²) in [7, 11) is 0. The highest BCUT2D eigenvalue weighted by molar-refractivity contribution is 6.31. The molecule has 0 saturated heterocycles. The van der Waals surface area contributed by atoms with Crippen LogP contribution in [0.1, 0.15) is 10.4 Å². The second kappa shape index (κ2) is 8.71. The number of rotatable bonds is 6. The Labute approximate surface area is 183 Å². The first-order chi connectivity index (χ1) is 15.3. The standard InChI is InChI=1S/C20H12ClF3N4O4/c21-12-3-4-14(31-10-20(22,23)24)13(9-12)17(29)26-16-8-11(5-6-25-16)18-27-28-19(32-18)15-2-1-7-30-15/h1-9H,10H2,(H,25,26,29). The maximum Gasteiger partial charge on any atom is 0.422 e. The van der Waals surface area contributed by atoms with Crippen LogP contribution in [-0.2, 0) is 0 Å². The maximum atomic E-state index is 12.7. The van der Waals surface area contributed by atoms with Crippen LogP contribution in [0.2, 0.25) is 5.02 Å². The van der Waals surface area contributed by atoms with Crippen molar-refractivity contribution in [3.05, 3.63) is 65.5 Å². The smallest absolute Gasteiger partial charge is 0.422 e. The van der Waals surface area contributed by atoms with E-state index in [1.807, 2.05) is 0 Å². The van der Waals surface area contributed by atoms with Crippen molar-refractivity contribution >= 4 is 23.3 Å². The molecule has 1 amide bonds. The molecule has 4 rings (SSSR count). The van der Waals surface area contributed by atoms with Crippen LogP contribution in [-0.4, -0.2) is 33.9 Å². The highest BCUT2D eigenvalue weighted by Crippen LogP contribution is 2.28. The molecule has 32 heavy (non-hydrogen) atoms. The van der Waals surface area contributed by atoms with Gasteiger partial charge in [0.25, 0.3) is 11.8 Å². The van der Waals surface area contributed by atoms with Crippen molar-refractivity contribution in [1.29, 1.82) is 0 Å². The molecular weight excluding hydrogens is 453 g/mol. The van der Waals surface area contributed by atoms with Crippen molar-refractivity contribution in [3.8, 4) is 28.9 Å². The topological polar surface area (TPSA) is 103 Å².